The summed E-state index contributed by atoms with van der Waals surface area (Å²) < 4.78 is 0. The summed E-state index contributed by atoms with van der Waals surface area (Å²) in [5.74, 6) is 0. The first-order chi connectivity index (χ1) is 8.18. The van der Waals surface area contributed by atoms with Crippen LogP contribution in [0.4, 0.5) is 4.79 Å². The van der Waals surface area contributed by atoms with Crippen molar-refractivity contribution in [3.63, 3.8) is 0 Å². The summed E-state index contributed by atoms with van der Waals surface area (Å²) >= 11 is 0. The lowest BCUT2D eigenvalue weighted by molar-refractivity contribution is -0.0290. The van der Waals surface area contributed by atoms with Crippen LogP contribution < -0.4 is 10.6 Å². The van der Waals surface area contributed by atoms with Crippen molar-refractivity contribution in [2.45, 2.75) is 69.4 Å². The van der Waals surface area contributed by atoms with Crippen LogP contribution in [-0.2, 0) is 0 Å². The first kappa shape index (κ1) is 12.7. The lowest BCUT2D eigenvalue weighted by atomic mass is 9.80. The molecule has 2 aliphatic rings. The summed E-state index contributed by atoms with van der Waals surface area (Å²) in [4.78, 5) is 11.7. The van der Waals surface area contributed by atoms with Crippen molar-refractivity contribution in [2.75, 3.05) is 6.54 Å². The largest absolute Gasteiger partial charge is 0.388 e. The molecule has 0 aromatic rings. The number of hydrogen-bond acceptors (Lipinski definition) is 2. The van der Waals surface area contributed by atoms with E-state index in [4.69, 9.17) is 0 Å². The molecule has 0 aromatic carbocycles. The van der Waals surface area contributed by atoms with Crippen LogP contribution in [0.2, 0.25) is 0 Å². The summed E-state index contributed by atoms with van der Waals surface area (Å²) in [6.45, 7) is 0.394. The lowest BCUT2D eigenvalue weighted by Gasteiger charge is -2.36. The maximum absolute atomic E-state index is 11.7. The minimum absolute atomic E-state index is 0.114. The average molecular weight is 240 g/mol. The highest BCUT2D eigenvalue weighted by Gasteiger charge is 2.34. The Labute approximate surface area is 103 Å². The maximum atomic E-state index is 11.7. The van der Waals surface area contributed by atoms with Gasteiger partial charge in [0.1, 0.15) is 0 Å². The molecule has 0 heterocycles. The molecule has 0 atom stereocenters. The van der Waals surface area contributed by atoms with Crippen molar-refractivity contribution in [1.82, 2.24) is 10.6 Å². The van der Waals surface area contributed by atoms with E-state index in [2.05, 4.69) is 10.6 Å². The number of carbonyl (C=O) groups excluding carboxylic acids is 1. The molecule has 98 valence electrons. The number of urea groups is 1. The van der Waals surface area contributed by atoms with Gasteiger partial charge in [-0.2, -0.15) is 0 Å². The van der Waals surface area contributed by atoms with Gasteiger partial charge >= 0.3 is 6.03 Å². The van der Waals surface area contributed by atoms with Crippen molar-refractivity contribution in [3.8, 4) is 0 Å². The molecular formula is C13H24N2O2. The van der Waals surface area contributed by atoms with E-state index in [1.54, 1.807) is 0 Å². The SMILES string of the molecule is O=C(NCC1(O)CCC1)NC1CCCCCC1. The highest BCUT2D eigenvalue weighted by molar-refractivity contribution is 5.74. The van der Waals surface area contributed by atoms with Crippen LogP contribution in [0, 0.1) is 0 Å². The van der Waals surface area contributed by atoms with Crippen molar-refractivity contribution < 1.29 is 9.90 Å². The van der Waals surface area contributed by atoms with E-state index >= 15 is 0 Å². The topological polar surface area (TPSA) is 61.4 Å². The minimum atomic E-state index is -0.624. The molecule has 4 nitrogen and oxygen atoms in total. The molecule has 2 saturated carbocycles. The number of rotatable bonds is 3. The van der Waals surface area contributed by atoms with Crippen molar-refractivity contribution in [3.05, 3.63) is 0 Å². The van der Waals surface area contributed by atoms with Gasteiger partial charge in [0.2, 0.25) is 0 Å². The molecule has 0 aliphatic heterocycles. The normalized spacial score (nSPS) is 24.5. The number of nitrogens with one attached hydrogen (secondary N) is 2. The summed E-state index contributed by atoms with van der Waals surface area (Å²) in [6.07, 6.45) is 9.91. The summed E-state index contributed by atoms with van der Waals surface area (Å²) in [6, 6.07) is 0.214. The molecule has 0 bridgehead atoms. The summed E-state index contributed by atoms with van der Waals surface area (Å²) in [7, 11) is 0. The third-order valence-corrected chi connectivity index (χ3v) is 4.05. The number of hydrogen-bond donors (Lipinski definition) is 3. The third-order valence-electron chi connectivity index (χ3n) is 4.05. The van der Waals surface area contributed by atoms with Gasteiger partial charge in [0.05, 0.1) is 5.60 Å². The van der Waals surface area contributed by atoms with Crippen LogP contribution in [0.5, 0.6) is 0 Å². The predicted molar refractivity (Wildman–Crippen MR) is 66.8 cm³/mol. The Morgan fingerprint density at radius 1 is 1.12 bits per heavy atom. The molecule has 0 radical (unpaired) electrons. The zero-order valence-electron chi connectivity index (χ0n) is 10.5. The molecule has 2 aliphatic carbocycles. The Morgan fingerprint density at radius 3 is 2.29 bits per heavy atom. The quantitative estimate of drug-likeness (QED) is 0.660. The van der Waals surface area contributed by atoms with E-state index < -0.39 is 5.60 Å². The Morgan fingerprint density at radius 2 is 1.76 bits per heavy atom. The summed E-state index contributed by atoms with van der Waals surface area (Å²) in [5.41, 5.74) is -0.624. The van der Waals surface area contributed by atoms with Crippen molar-refractivity contribution in [1.29, 1.82) is 0 Å². The number of aliphatic hydroxyl groups is 1. The van der Waals surface area contributed by atoms with Crippen molar-refractivity contribution >= 4 is 6.03 Å². The molecular weight excluding hydrogens is 216 g/mol. The molecule has 0 spiro atoms. The van der Waals surface area contributed by atoms with E-state index in [1.807, 2.05) is 0 Å². The lowest BCUT2D eigenvalue weighted by Crippen LogP contribution is -2.51. The van der Waals surface area contributed by atoms with Crippen LogP contribution in [0.25, 0.3) is 0 Å². The molecule has 2 fully saturated rings. The second-order valence-corrected chi connectivity index (χ2v) is 5.59. The van der Waals surface area contributed by atoms with Gasteiger partial charge in [-0.1, -0.05) is 25.7 Å². The van der Waals surface area contributed by atoms with E-state index in [9.17, 15) is 9.90 Å². The van der Waals surface area contributed by atoms with Gasteiger partial charge < -0.3 is 15.7 Å². The van der Waals surface area contributed by atoms with E-state index in [0.717, 1.165) is 32.1 Å². The van der Waals surface area contributed by atoms with Crippen LogP contribution in [-0.4, -0.2) is 29.3 Å². The maximum Gasteiger partial charge on any atom is 0.315 e. The fourth-order valence-corrected chi connectivity index (χ4v) is 2.67. The van der Waals surface area contributed by atoms with E-state index in [0.29, 0.717) is 12.6 Å². The number of carbonyl (C=O) groups is 1. The fraction of sp³-hybridized carbons (Fsp3) is 0.923. The Balaban J connectivity index is 1.65. The van der Waals surface area contributed by atoms with E-state index in [1.165, 1.54) is 25.7 Å². The van der Waals surface area contributed by atoms with E-state index in [-0.39, 0.29) is 6.03 Å². The fourth-order valence-electron chi connectivity index (χ4n) is 2.67. The van der Waals surface area contributed by atoms with Gasteiger partial charge in [0, 0.05) is 12.6 Å². The zero-order chi connectivity index (χ0) is 12.1. The van der Waals surface area contributed by atoms with Crippen LogP contribution in [0.1, 0.15) is 57.8 Å². The Kier molecular flexibility index (Phi) is 4.26. The van der Waals surface area contributed by atoms with Crippen molar-refractivity contribution in [2.24, 2.45) is 0 Å². The monoisotopic (exact) mass is 240 g/mol. The van der Waals surface area contributed by atoms with Crippen LogP contribution in [0.15, 0.2) is 0 Å². The van der Waals surface area contributed by atoms with Crippen LogP contribution in [0.3, 0.4) is 0 Å². The molecule has 3 N–H and O–H groups in total. The van der Waals surface area contributed by atoms with Gasteiger partial charge in [-0.25, -0.2) is 4.79 Å². The smallest absolute Gasteiger partial charge is 0.315 e. The molecule has 0 saturated heterocycles. The molecule has 4 heteroatoms. The van der Waals surface area contributed by atoms with Gasteiger partial charge in [0.25, 0.3) is 0 Å². The standard InChI is InChI=1S/C13H24N2O2/c16-12(14-10-13(17)8-5-9-13)15-11-6-3-1-2-4-7-11/h11,17H,1-10H2,(H2,14,15,16). The highest BCUT2D eigenvalue weighted by atomic mass is 16.3. The Hall–Kier alpha value is -0.770. The zero-order valence-corrected chi connectivity index (χ0v) is 10.5. The molecule has 2 amide bonds. The van der Waals surface area contributed by atoms with Gasteiger partial charge in [0.15, 0.2) is 0 Å². The number of amides is 2. The molecule has 17 heavy (non-hydrogen) atoms. The molecule has 2 rings (SSSR count). The third kappa shape index (κ3) is 3.87. The first-order valence-electron chi connectivity index (χ1n) is 6.95. The summed E-state index contributed by atoms with van der Waals surface area (Å²) in [5, 5.41) is 15.7. The van der Waals surface area contributed by atoms with Gasteiger partial charge in [-0.15, -0.1) is 0 Å². The highest BCUT2D eigenvalue weighted by Crippen LogP contribution is 2.30. The Bertz CT molecular complexity index is 256. The van der Waals surface area contributed by atoms with Gasteiger partial charge in [-0.3, -0.25) is 0 Å². The molecule has 0 aromatic heterocycles. The van der Waals surface area contributed by atoms with Gasteiger partial charge in [-0.05, 0) is 32.1 Å². The second-order valence-electron chi connectivity index (χ2n) is 5.59. The first-order valence-corrected chi connectivity index (χ1v) is 6.95. The predicted octanol–water partition coefficient (Wildman–Crippen LogP) is 1.92. The minimum Gasteiger partial charge on any atom is -0.388 e. The second kappa shape index (κ2) is 5.71. The molecule has 0 unspecified atom stereocenters. The average Bonchev–Trinajstić information content (AvgIpc) is 2.52. The van der Waals surface area contributed by atoms with Crippen LogP contribution >= 0.6 is 0 Å².